The second-order valence-corrected chi connectivity index (χ2v) is 4.89. The van der Waals surface area contributed by atoms with E-state index in [1.165, 1.54) is 0 Å². The summed E-state index contributed by atoms with van der Waals surface area (Å²) in [6, 6.07) is -0.348. The monoisotopic (exact) mass is 249 g/mol. The predicted molar refractivity (Wildman–Crippen MR) is 58.1 cm³/mol. The third-order valence-electron chi connectivity index (χ3n) is 1.99. The molecule has 0 spiro atoms. The minimum Gasteiger partial charge on any atom is -0.449 e. The normalized spacial score (nSPS) is 23.5. The van der Waals surface area contributed by atoms with Gasteiger partial charge in [-0.05, 0) is 27.2 Å². The zero-order chi connectivity index (χ0) is 12.3. The van der Waals surface area contributed by atoms with E-state index in [-0.39, 0.29) is 24.0 Å². The molecule has 92 valence electrons. The average molecular weight is 250 g/mol. The van der Waals surface area contributed by atoms with Gasteiger partial charge >= 0.3 is 12.1 Å². The van der Waals surface area contributed by atoms with Gasteiger partial charge in [-0.1, -0.05) is 11.6 Å². The number of nitrogens with one attached hydrogen (secondary N) is 1. The van der Waals surface area contributed by atoms with Gasteiger partial charge in [0.1, 0.15) is 5.60 Å². The molecule has 1 N–H and O–H groups in total. The van der Waals surface area contributed by atoms with Crippen LogP contribution in [0.25, 0.3) is 0 Å². The number of halogens is 1. The standard InChI is InChI=1S/C10H16ClNO4/c1-10(2,3)16-9(14)12-7-4-6(7)8(13)15-5-11/h6-7H,4-5H2,1-3H3,(H,12,14). The van der Waals surface area contributed by atoms with Crippen molar-refractivity contribution in [1.29, 1.82) is 0 Å². The lowest BCUT2D eigenvalue weighted by Gasteiger charge is -2.19. The van der Waals surface area contributed by atoms with Crippen molar-refractivity contribution in [3.8, 4) is 0 Å². The fourth-order valence-corrected chi connectivity index (χ4v) is 1.34. The largest absolute Gasteiger partial charge is 0.449 e. The van der Waals surface area contributed by atoms with Crippen LogP contribution in [0.1, 0.15) is 27.2 Å². The molecule has 6 heteroatoms. The molecule has 0 aromatic carbocycles. The second-order valence-electron chi connectivity index (χ2n) is 4.67. The van der Waals surface area contributed by atoms with Crippen LogP contribution < -0.4 is 5.32 Å². The van der Waals surface area contributed by atoms with E-state index in [1.54, 1.807) is 20.8 Å². The summed E-state index contributed by atoms with van der Waals surface area (Å²) in [4.78, 5) is 22.5. The quantitative estimate of drug-likeness (QED) is 0.610. The van der Waals surface area contributed by atoms with Crippen molar-refractivity contribution in [3.63, 3.8) is 0 Å². The number of hydrogen-bond donors (Lipinski definition) is 1. The summed E-state index contributed by atoms with van der Waals surface area (Å²) in [6.45, 7) is 5.33. The highest BCUT2D eigenvalue weighted by Gasteiger charge is 2.46. The Morgan fingerprint density at radius 2 is 2.06 bits per heavy atom. The number of alkyl carbamates (subject to hydrolysis) is 1. The smallest absolute Gasteiger partial charge is 0.407 e. The third-order valence-corrected chi connectivity index (χ3v) is 2.10. The van der Waals surface area contributed by atoms with E-state index < -0.39 is 11.7 Å². The molecule has 5 nitrogen and oxygen atoms in total. The predicted octanol–water partition coefficient (Wildman–Crippen LogP) is 1.64. The lowest BCUT2D eigenvalue weighted by atomic mass is 10.2. The summed E-state index contributed by atoms with van der Waals surface area (Å²) < 4.78 is 9.66. The zero-order valence-corrected chi connectivity index (χ0v) is 10.3. The molecule has 2 unspecified atom stereocenters. The van der Waals surface area contributed by atoms with Crippen molar-refractivity contribution in [1.82, 2.24) is 5.32 Å². The summed E-state index contributed by atoms with van der Waals surface area (Å²) in [5, 5.41) is 2.59. The number of esters is 1. The molecule has 2 atom stereocenters. The molecule has 0 aliphatic heterocycles. The number of alkyl halides is 1. The highest BCUT2D eigenvalue weighted by Crippen LogP contribution is 2.31. The van der Waals surface area contributed by atoms with Crippen molar-refractivity contribution in [3.05, 3.63) is 0 Å². The van der Waals surface area contributed by atoms with Gasteiger partial charge in [-0.3, -0.25) is 4.79 Å². The molecule has 0 radical (unpaired) electrons. The lowest BCUT2D eigenvalue weighted by Crippen LogP contribution is -2.35. The lowest BCUT2D eigenvalue weighted by molar-refractivity contribution is -0.143. The Morgan fingerprint density at radius 3 is 2.56 bits per heavy atom. The van der Waals surface area contributed by atoms with Crippen LogP contribution in [0.5, 0.6) is 0 Å². The van der Waals surface area contributed by atoms with Crippen LogP contribution in [0.4, 0.5) is 4.79 Å². The summed E-state index contributed by atoms with van der Waals surface area (Å²) in [6.07, 6.45) is 0.0632. The molecular formula is C10H16ClNO4. The molecule has 1 aliphatic rings. The van der Waals surface area contributed by atoms with E-state index in [1.807, 2.05) is 0 Å². The molecule has 16 heavy (non-hydrogen) atoms. The molecular weight excluding hydrogens is 234 g/mol. The van der Waals surface area contributed by atoms with E-state index in [9.17, 15) is 9.59 Å². The maximum absolute atomic E-state index is 11.3. The van der Waals surface area contributed by atoms with Gasteiger partial charge in [0.05, 0.1) is 5.92 Å². The molecule has 0 saturated heterocycles. The van der Waals surface area contributed by atoms with Crippen molar-refractivity contribution in [2.75, 3.05) is 6.07 Å². The van der Waals surface area contributed by atoms with Gasteiger partial charge in [-0.2, -0.15) is 0 Å². The fraction of sp³-hybridized carbons (Fsp3) is 0.800. The van der Waals surface area contributed by atoms with Crippen LogP contribution in [-0.2, 0) is 14.3 Å². The maximum Gasteiger partial charge on any atom is 0.407 e. The van der Waals surface area contributed by atoms with E-state index in [2.05, 4.69) is 10.1 Å². The van der Waals surface area contributed by atoms with Gasteiger partial charge in [0.2, 0.25) is 0 Å². The van der Waals surface area contributed by atoms with Gasteiger partial charge in [0.15, 0.2) is 6.07 Å². The Kier molecular flexibility index (Phi) is 4.02. The fourth-order valence-electron chi connectivity index (χ4n) is 1.23. The number of carbonyl (C=O) groups excluding carboxylic acids is 2. The molecule has 1 amide bonds. The minimum atomic E-state index is -0.537. The molecule has 1 aliphatic carbocycles. The highest BCUT2D eigenvalue weighted by molar-refractivity contribution is 6.17. The zero-order valence-electron chi connectivity index (χ0n) is 9.58. The topological polar surface area (TPSA) is 64.6 Å². The molecule has 0 heterocycles. The van der Waals surface area contributed by atoms with Crippen LogP contribution in [0, 0.1) is 5.92 Å². The number of ether oxygens (including phenoxy) is 2. The van der Waals surface area contributed by atoms with Gasteiger partial charge < -0.3 is 14.8 Å². The Labute approximate surface area is 99.4 Å². The van der Waals surface area contributed by atoms with Crippen LogP contribution in [0.2, 0.25) is 0 Å². The first-order chi connectivity index (χ1) is 7.33. The Bertz CT molecular complexity index is 287. The van der Waals surface area contributed by atoms with Crippen molar-refractivity contribution in [2.24, 2.45) is 5.92 Å². The van der Waals surface area contributed by atoms with Gasteiger partial charge in [-0.15, -0.1) is 0 Å². The summed E-state index contributed by atoms with van der Waals surface area (Å²) in [5.41, 5.74) is -0.537. The van der Waals surface area contributed by atoms with Gasteiger partial charge in [0.25, 0.3) is 0 Å². The van der Waals surface area contributed by atoms with Crippen molar-refractivity contribution in [2.45, 2.75) is 38.8 Å². The van der Waals surface area contributed by atoms with Crippen molar-refractivity contribution >= 4 is 23.7 Å². The van der Waals surface area contributed by atoms with Crippen molar-refractivity contribution < 1.29 is 19.1 Å². The van der Waals surface area contributed by atoms with E-state index >= 15 is 0 Å². The highest BCUT2D eigenvalue weighted by atomic mass is 35.5. The Morgan fingerprint density at radius 1 is 1.44 bits per heavy atom. The summed E-state index contributed by atoms with van der Waals surface area (Å²) in [7, 11) is 0. The van der Waals surface area contributed by atoms with Gasteiger partial charge in [-0.25, -0.2) is 4.79 Å². The van der Waals surface area contributed by atoms with Crippen LogP contribution in [-0.4, -0.2) is 29.8 Å². The first kappa shape index (κ1) is 13.1. The van der Waals surface area contributed by atoms with Crippen LogP contribution >= 0.6 is 11.6 Å². The van der Waals surface area contributed by atoms with E-state index in [0.717, 1.165) is 0 Å². The molecule has 1 rings (SSSR count). The second kappa shape index (κ2) is 4.91. The molecule has 1 fully saturated rings. The summed E-state index contributed by atoms with van der Waals surface area (Å²) in [5.74, 6) is -0.665. The van der Waals surface area contributed by atoms with Crippen LogP contribution in [0.15, 0.2) is 0 Å². The Balaban J connectivity index is 2.26. The molecule has 0 bridgehead atoms. The number of amides is 1. The Hall–Kier alpha value is -0.970. The number of hydrogen-bond acceptors (Lipinski definition) is 4. The molecule has 0 aromatic heterocycles. The molecule has 0 aromatic rings. The van der Waals surface area contributed by atoms with E-state index in [0.29, 0.717) is 6.42 Å². The van der Waals surface area contributed by atoms with Crippen LogP contribution in [0.3, 0.4) is 0 Å². The maximum atomic E-state index is 11.3. The average Bonchev–Trinajstić information content (AvgIpc) is 2.80. The van der Waals surface area contributed by atoms with Gasteiger partial charge in [0, 0.05) is 6.04 Å². The van der Waals surface area contributed by atoms with E-state index in [4.69, 9.17) is 16.3 Å². The number of carbonyl (C=O) groups is 2. The molecule has 1 saturated carbocycles. The SMILES string of the molecule is CC(C)(C)OC(=O)NC1CC1C(=O)OCCl. The first-order valence-electron chi connectivity index (χ1n) is 5.05. The summed E-state index contributed by atoms with van der Waals surface area (Å²) >= 11 is 5.25. The number of rotatable bonds is 3. The minimum absolute atomic E-state index is 0.158. The first-order valence-corrected chi connectivity index (χ1v) is 5.59. The third kappa shape index (κ3) is 4.26.